The Morgan fingerprint density at radius 3 is 2.70 bits per heavy atom. The van der Waals surface area contributed by atoms with Gasteiger partial charge in [0.05, 0.1) is 11.9 Å². The lowest BCUT2D eigenvalue weighted by Gasteiger charge is -2.12. The van der Waals surface area contributed by atoms with E-state index in [0.717, 1.165) is 5.56 Å². The van der Waals surface area contributed by atoms with E-state index >= 15 is 0 Å². The van der Waals surface area contributed by atoms with Gasteiger partial charge in [-0.25, -0.2) is 9.37 Å². The van der Waals surface area contributed by atoms with Crippen LogP contribution in [-0.2, 0) is 12.8 Å². The van der Waals surface area contributed by atoms with Gasteiger partial charge in [-0.2, -0.15) is 5.10 Å². The highest BCUT2D eigenvalue weighted by molar-refractivity contribution is 7.98. The van der Waals surface area contributed by atoms with Crippen LogP contribution in [0.15, 0.2) is 64.7 Å². The average Bonchev–Trinajstić information content (AvgIpc) is 3.02. The zero-order valence-corrected chi connectivity index (χ0v) is 15.8. The van der Waals surface area contributed by atoms with Crippen LogP contribution in [0, 0.1) is 5.82 Å². The van der Waals surface area contributed by atoms with E-state index in [0.29, 0.717) is 32.7 Å². The Morgan fingerprint density at radius 2 is 1.96 bits per heavy atom. The first-order chi connectivity index (χ1) is 13.0. The summed E-state index contributed by atoms with van der Waals surface area (Å²) < 4.78 is 16.6. The van der Waals surface area contributed by atoms with Gasteiger partial charge in [-0.3, -0.25) is 14.0 Å². The summed E-state index contributed by atoms with van der Waals surface area (Å²) in [5.41, 5.74) is 1.76. The standard InChI is InChI=1S/C19H14ClFN4OS/c1-24-17-16(10-22-24)18(26)25(15-7-5-13(20)6-8-15)19(23-17)27-11-12-3-2-4-14(21)9-12/h2-10H,11H2,1H3. The van der Waals surface area contributed by atoms with Gasteiger partial charge in [-0.05, 0) is 42.0 Å². The third kappa shape index (κ3) is 3.48. The number of hydrogen-bond acceptors (Lipinski definition) is 4. The fraction of sp³-hybridized carbons (Fsp3) is 0.105. The van der Waals surface area contributed by atoms with Crippen molar-refractivity contribution in [3.63, 3.8) is 0 Å². The van der Waals surface area contributed by atoms with Crippen LogP contribution in [0.1, 0.15) is 5.56 Å². The lowest BCUT2D eigenvalue weighted by atomic mass is 10.2. The van der Waals surface area contributed by atoms with Crippen molar-refractivity contribution in [2.24, 2.45) is 7.05 Å². The first-order valence-corrected chi connectivity index (χ1v) is 9.47. The Kier molecular flexibility index (Phi) is 4.72. The molecule has 5 nitrogen and oxygen atoms in total. The van der Waals surface area contributed by atoms with E-state index in [2.05, 4.69) is 10.1 Å². The minimum absolute atomic E-state index is 0.211. The maximum Gasteiger partial charge on any atom is 0.269 e. The SMILES string of the molecule is Cn1ncc2c(=O)n(-c3ccc(Cl)cc3)c(SCc3cccc(F)c3)nc21. The fourth-order valence-electron chi connectivity index (χ4n) is 2.75. The van der Waals surface area contributed by atoms with Gasteiger partial charge in [-0.15, -0.1) is 0 Å². The Morgan fingerprint density at radius 1 is 1.19 bits per heavy atom. The summed E-state index contributed by atoms with van der Waals surface area (Å²) in [4.78, 5) is 17.7. The molecule has 2 heterocycles. The highest BCUT2D eigenvalue weighted by Crippen LogP contribution is 2.25. The fourth-order valence-corrected chi connectivity index (χ4v) is 3.82. The molecule has 0 amide bonds. The molecule has 0 aliphatic rings. The lowest BCUT2D eigenvalue weighted by Crippen LogP contribution is -2.21. The molecule has 0 saturated carbocycles. The Balaban J connectivity index is 1.83. The molecule has 2 aromatic heterocycles. The van der Waals surface area contributed by atoms with Gasteiger partial charge in [0, 0.05) is 17.8 Å². The summed E-state index contributed by atoms with van der Waals surface area (Å²) in [6.45, 7) is 0. The molecule has 0 radical (unpaired) electrons. The number of benzene rings is 2. The van der Waals surface area contributed by atoms with Gasteiger partial charge in [0.25, 0.3) is 5.56 Å². The number of thioether (sulfide) groups is 1. The number of nitrogens with zero attached hydrogens (tertiary/aromatic N) is 4. The molecule has 4 rings (SSSR count). The van der Waals surface area contributed by atoms with Crippen molar-refractivity contribution >= 4 is 34.4 Å². The van der Waals surface area contributed by atoms with Crippen molar-refractivity contribution < 1.29 is 4.39 Å². The van der Waals surface area contributed by atoms with Crippen LogP contribution in [0.2, 0.25) is 5.02 Å². The molecule has 0 N–H and O–H groups in total. The van der Waals surface area contributed by atoms with E-state index in [1.54, 1.807) is 42.1 Å². The van der Waals surface area contributed by atoms with Gasteiger partial charge >= 0.3 is 0 Å². The van der Waals surface area contributed by atoms with Crippen LogP contribution >= 0.6 is 23.4 Å². The van der Waals surface area contributed by atoms with Gasteiger partial charge in [-0.1, -0.05) is 35.5 Å². The molecule has 136 valence electrons. The van der Waals surface area contributed by atoms with E-state index in [1.807, 2.05) is 6.07 Å². The third-order valence-corrected chi connectivity index (χ3v) is 5.34. The summed E-state index contributed by atoms with van der Waals surface area (Å²) >= 11 is 7.34. The smallest absolute Gasteiger partial charge is 0.268 e. The predicted octanol–water partition coefficient (Wildman–Crippen LogP) is 4.20. The summed E-state index contributed by atoms with van der Waals surface area (Å²) in [7, 11) is 1.74. The number of aryl methyl sites for hydroxylation is 1. The predicted molar refractivity (Wildman–Crippen MR) is 105 cm³/mol. The molecule has 0 spiro atoms. The van der Waals surface area contributed by atoms with Crippen molar-refractivity contribution in [2.45, 2.75) is 10.9 Å². The summed E-state index contributed by atoms with van der Waals surface area (Å²) in [6, 6.07) is 13.3. The zero-order chi connectivity index (χ0) is 19.0. The molecular weight excluding hydrogens is 387 g/mol. The summed E-state index contributed by atoms with van der Waals surface area (Å²) in [6.07, 6.45) is 1.51. The van der Waals surface area contributed by atoms with Crippen molar-refractivity contribution in [3.8, 4) is 5.69 Å². The minimum Gasteiger partial charge on any atom is -0.268 e. The maximum atomic E-state index is 13.5. The monoisotopic (exact) mass is 400 g/mol. The maximum absolute atomic E-state index is 13.5. The number of rotatable bonds is 4. The molecule has 0 unspecified atom stereocenters. The first-order valence-electron chi connectivity index (χ1n) is 8.11. The normalized spacial score (nSPS) is 11.2. The zero-order valence-electron chi connectivity index (χ0n) is 14.3. The van der Waals surface area contributed by atoms with Gasteiger partial charge in [0.2, 0.25) is 0 Å². The molecule has 8 heteroatoms. The second-order valence-corrected chi connectivity index (χ2v) is 7.31. The van der Waals surface area contributed by atoms with Crippen molar-refractivity contribution in [2.75, 3.05) is 0 Å². The molecule has 0 aliphatic heterocycles. The third-order valence-electron chi connectivity index (χ3n) is 4.08. The number of aromatic nitrogens is 4. The van der Waals surface area contributed by atoms with E-state index in [4.69, 9.17) is 11.6 Å². The molecule has 4 aromatic rings. The van der Waals surface area contributed by atoms with Gasteiger partial charge in [0.1, 0.15) is 11.2 Å². The second kappa shape index (κ2) is 7.17. The highest BCUT2D eigenvalue weighted by atomic mass is 35.5. The molecule has 27 heavy (non-hydrogen) atoms. The minimum atomic E-state index is -0.293. The van der Waals surface area contributed by atoms with E-state index < -0.39 is 0 Å². The largest absolute Gasteiger partial charge is 0.269 e. The van der Waals surface area contributed by atoms with Crippen LogP contribution < -0.4 is 5.56 Å². The van der Waals surface area contributed by atoms with Crippen LogP contribution in [0.5, 0.6) is 0 Å². The average molecular weight is 401 g/mol. The van der Waals surface area contributed by atoms with Crippen LogP contribution in [0.4, 0.5) is 4.39 Å². The quantitative estimate of drug-likeness (QED) is 0.380. The number of hydrogen-bond donors (Lipinski definition) is 0. The Labute approximate surface area is 163 Å². The molecule has 0 bridgehead atoms. The first kappa shape index (κ1) is 17.8. The summed E-state index contributed by atoms with van der Waals surface area (Å²) in [5.74, 6) is 0.180. The van der Waals surface area contributed by atoms with E-state index in [9.17, 15) is 9.18 Å². The Bertz CT molecular complexity index is 1190. The highest BCUT2D eigenvalue weighted by Gasteiger charge is 2.16. The van der Waals surface area contributed by atoms with Crippen LogP contribution in [0.3, 0.4) is 0 Å². The van der Waals surface area contributed by atoms with Crippen molar-refractivity contribution in [3.05, 3.63) is 81.5 Å². The Hall–Kier alpha value is -2.64. The lowest BCUT2D eigenvalue weighted by molar-refractivity contribution is 0.626. The second-order valence-electron chi connectivity index (χ2n) is 5.94. The van der Waals surface area contributed by atoms with Crippen molar-refractivity contribution in [1.29, 1.82) is 0 Å². The van der Waals surface area contributed by atoms with Gasteiger partial charge in [0.15, 0.2) is 10.8 Å². The number of fused-ring (bicyclic) bond motifs is 1. The van der Waals surface area contributed by atoms with E-state index in [-0.39, 0.29) is 11.4 Å². The molecule has 0 fully saturated rings. The number of halogens is 2. The van der Waals surface area contributed by atoms with Crippen LogP contribution in [0.25, 0.3) is 16.7 Å². The van der Waals surface area contributed by atoms with Gasteiger partial charge < -0.3 is 0 Å². The van der Waals surface area contributed by atoms with E-state index in [1.165, 1.54) is 34.7 Å². The van der Waals surface area contributed by atoms with Crippen LogP contribution in [-0.4, -0.2) is 19.3 Å². The molecule has 2 aromatic carbocycles. The molecule has 0 saturated heterocycles. The topological polar surface area (TPSA) is 52.7 Å². The molecular formula is C19H14ClFN4OS. The van der Waals surface area contributed by atoms with Crippen molar-refractivity contribution in [1.82, 2.24) is 19.3 Å². The summed E-state index contributed by atoms with van der Waals surface area (Å²) in [5, 5.41) is 5.65. The molecule has 0 aliphatic carbocycles. The molecule has 0 atom stereocenters.